The minimum absolute atomic E-state index is 0.0495. The van der Waals surface area contributed by atoms with E-state index in [9.17, 15) is 4.79 Å². The predicted octanol–water partition coefficient (Wildman–Crippen LogP) is 3.60. The number of likely N-dealkylation sites (N-methyl/N-ethyl adjacent to an activating group) is 1. The van der Waals surface area contributed by atoms with Crippen molar-refractivity contribution in [2.45, 2.75) is 62.7 Å². The second-order valence-electron chi connectivity index (χ2n) is 10.4. The van der Waals surface area contributed by atoms with Gasteiger partial charge in [0.25, 0.3) is 0 Å². The number of likely N-dealkylation sites (tertiary alicyclic amines) is 1. The highest BCUT2D eigenvalue weighted by Gasteiger charge is 2.44. The first-order valence-corrected chi connectivity index (χ1v) is 13.2. The minimum Gasteiger partial charge on any atom is -0.341 e. The van der Waals surface area contributed by atoms with Crippen molar-refractivity contribution in [3.63, 3.8) is 0 Å². The lowest BCUT2D eigenvalue weighted by Gasteiger charge is -2.51. The van der Waals surface area contributed by atoms with Crippen LogP contribution in [0.3, 0.4) is 0 Å². The average molecular weight is 481 g/mol. The Balaban J connectivity index is 1.31. The molecule has 0 aliphatic carbocycles. The van der Waals surface area contributed by atoms with Crippen LogP contribution in [-0.2, 0) is 23.2 Å². The fourth-order valence-electron chi connectivity index (χ4n) is 6.11. The molecule has 2 aromatic rings. The van der Waals surface area contributed by atoms with E-state index in [0.717, 1.165) is 62.4 Å². The van der Waals surface area contributed by atoms with E-state index in [1.807, 2.05) is 24.3 Å². The van der Waals surface area contributed by atoms with Gasteiger partial charge in [0.1, 0.15) is 0 Å². The fraction of sp³-hybridized carbons (Fsp3) is 0.536. The van der Waals surface area contributed by atoms with Gasteiger partial charge in [0.2, 0.25) is 5.91 Å². The molecule has 2 saturated heterocycles. The summed E-state index contributed by atoms with van der Waals surface area (Å²) in [5, 5.41) is 7.89. The molecule has 0 saturated carbocycles. The van der Waals surface area contributed by atoms with Crippen molar-refractivity contribution in [1.29, 1.82) is 0 Å². The van der Waals surface area contributed by atoms with Crippen LogP contribution in [-0.4, -0.2) is 67.1 Å². The monoisotopic (exact) mass is 480 g/mol. The molecule has 5 nitrogen and oxygen atoms in total. The summed E-state index contributed by atoms with van der Waals surface area (Å²) in [7, 11) is 2.26. The van der Waals surface area contributed by atoms with Gasteiger partial charge in [-0.15, -0.1) is 0 Å². The molecule has 6 heteroatoms. The molecule has 3 aliphatic heterocycles. The maximum Gasteiger partial charge on any atom is 0.240 e. The highest BCUT2D eigenvalue weighted by molar-refractivity contribution is 6.30. The molecule has 5 rings (SSSR count). The molecule has 3 heterocycles. The molecule has 0 bridgehead atoms. The summed E-state index contributed by atoms with van der Waals surface area (Å²) in [4.78, 5) is 18.5. The molecule has 34 heavy (non-hydrogen) atoms. The Labute approximate surface area is 208 Å². The third kappa shape index (κ3) is 4.64. The standard InChI is InChI=1S/C28H37ClN4O/c1-20(25-11-15-30-25)31-26(19-21-7-9-23(29)10-8-21)27(34)33-17-13-28(14-18-33)24-6-4-3-5-22(24)12-16-32(28)2/h3-10,20,25-26,30-31H,11-19H2,1-2H3/t20?,25?,26-/m1/s1. The van der Waals surface area contributed by atoms with Crippen LogP contribution in [0.15, 0.2) is 48.5 Å². The molecule has 3 atom stereocenters. The summed E-state index contributed by atoms with van der Waals surface area (Å²) < 4.78 is 0. The average Bonchev–Trinajstić information content (AvgIpc) is 2.81. The molecule has 1 spiro atoms. The molecule has 182 valence electrons. The van der Waals surface area contributed by atoms with E-state index < -0.39 is 0 Å². The number of hydrogen-bond donors (Lipinski definition) is 2. The van der Waals surface area contributed by atoms with Crippen LogP contribution in [0, 0.1) is 0 Å². The Morgan fingerprint density at radius 3 is 2.53 bits per heavy atom. The van der Waals surface area contributed by atoms with Crippen LogP contribution in [0.25, 0.3) is 0 Å². The lowest BCUT2D eigenvalue weighted by Crippen LogP contribution is -2.61. The van der Waals surface area contributed by atoms with Crippen molar-refractivity contribution >= 4 is 17.5 Å². The maximum absolute atomic E-state index is 13.8. The van der Waals surface area contributed by atoms with Gasteiger partial charge in [-0.1, -0.05) is 48.0 Å². The minimum atomic E-state index is -0.232. The third-order valence-corrected chi connectivity index (χ3v) is 8.70. The number of carbonyl (C=O) groups is 1. The van der Waals surface area contributed by atoms with Gasteiger partial charge in [0.15, 0.2) is 0 Å². The topological polar surface area (TPSA) is 47.6 Å². The van der Waals surface area contributed by atoms with Crippen LogP contribution >= 0.6 is 11.6 Å². The fourth-order valence-corrected chi connectivity index (χ4v) is 6.24. The van der Waals surface area contributed by atoms with Crippen LogP contribution in [0.4, 0.5) is 0 Å². The number of rotatable bonds is 6. The molecule has 2 N–H and O–H groups in total. The van der Waals surface area contributed by atoms with Gasteiger partial charge >= 0.3 is 0 Å². The summed E-state index contributed by atoms with van der Waals surface area (Å²) in [5.41, 5.74) is 4.13. The predicted molar refractivity (Wildman–Crippen MR) is 138 cm³/mol. The maximum atomic E-state index is 13.8. The number of nitrogens with one attached hydrogen (secondary N) is 2. The molecule has 1 amide bonds. The van der Waals surface area contributed by atoms with Gasteiger partial charge in [-0.2, -0.15) is 0 Å². The Kier molecular flexibility index (Phi) is 6.99. The highest BCUT2D eigenvalue weighted by Crippen LogP contribution is 2.42. The molecule has 0 aromatic heterocycles. The van der Waals surface area contributed by atoms with Crippen LogP contribution in [0.5, 0.6) is 0 Å². The summed E-state index contributed by atoms with van der Waals surface area (Å²) in [6, 6.07) is 17.3. The number of carbonyl (C=O) groups excluding carboxylic acids is 1. The largest absolute Gasteiger partial charge is 0.341 e. The van der Waals surface area contributed by atoms with E-state index in [1.54, 1.807) is 0 Å². The van der Waals surface area contributed by atoms with Crippen molar-refractivity contribution in [3.05, 3.63) is 70.2 Å². The van der Waals surface area contributed by atoms with Crippen LogP contribution in [0.1, 0.15) is 42.9 Å². The second kappa shape index (κ2) is 9.98. The van der Waals surface area contributed by atoms with E-state index >= 15 is 0 Å². The van der Waals surface area contributed by atoms with Gasteiger partial charge in [0, 0.05) is 42.3 Å². The number of halogens is 1. The number of nitrogens with zero attached hydrogens (tertiary/aromatic N) is 2. The van der Waals surface area contributed by atoms with E-state index in [4.69, 9.17) is 11.6 Å². The van der Waals surface area contributed by atoms with E-state index in [0.29, 0.717) is 12.5 Å². The van der Waals surface area contributed by atoms with Gasteiger partial charge in [-0.05, 0) is 81.4 Å². The first-order chi connectivity index (χ1) is 16.5. The molecule has 3 aliphatic rings. The molecule has 2 aromatic carbocycles. The number of fused-ring (bicyclic) bond motifs is 2. The lowest BCUT2D eigenvalue weighted by molar-refractivity contribution is -0.136. The smallest absolute Gasteiger partial charge is 0.240 e. The van der Waals surface area contributed by atoms with E-state index in [2.05, 4.69) is 58.7 Å². The lowest BCUT2D eigenvalue weighted by atomic mass is 9.74. The van der Waals surface area contributed by atoms with Crippen LogP contribution in [0.2, 0.25) is 5.02 Å². The van der Waals surface area contributed by atoms with E-state index in [-0.39, 0.29) is 23.5 Å². The zero-order valence-corrected chi connectivity index (χ0v) is 21.2. The first kappa shape index (κ1) is 23.8. The molecular weight excluding hydrogens is 444 g/mol. The quantitative estimate of drug-likeness (QED) is 0.663. The van der Waals surface area contributed by atoms with Crippen molar-refractivity contribution in [1.82, 2.24) is 20.4 Å². The number of benzene rings is 2. The zero-order valence-electron chi connectivity index (χ0n) is 20.4. The Bertz CT molecular complexity index is 998. The second-order valence-corrected chi connectivity index (χ2v) is 10.8. The van der Waals surface area contributed by atoms with Crippen molar-refractivity contribution in [2.75, 3.05) is 33.2 Å². The normalized spacial score (nSPS) is 23.7. The third-order valence-electron chi connectivity index (χ3n) is 8.45. The molecule has 2 unspecified atom stereocenters. The van der Waals surface area contributed by atoms with Crippen molar-refractivity contribution in [3.8, 4) is 0 Å². The Morgan fingerprint density at radius 1 is 1.15 bits per heavy atom. The van der Waals surface area contributed by atoms with Gasteiger partial charge in [-0.3, -0.25) is 9.69 Å². The van der Waals surface area contributed by atoms with Gasteiger partial charge in [0.05, 0.1) is 6.04 Å². The molecule has 2 fully saturated rings. The van der Waals surface area contributed by atoms with Crippen molar-refractivity contribution < 1.29 is 4.79 Å². The number of amides is 1. The molecule has 0 radical (unpaired) electrons. The summed E-state index contributed by atoms with van der Waals surface area (Å²) in [5.74, 6) is 0.225. The van der Waals surface area contributed by atoms with Crippen LogP contribution < -0.4 is 10.6 Å². The number of hydrogen-bond acceptors (Lipinski definition) is 4. The van der Waals surface area contributed by atoms with E-state index in [1.165, 1.54) is 11.1 Å². The Hall–Kier alpha value is -1.92. The Morgan fingerprint density at radius 2 is 1.85 bits per heavy atom. The van der Waals surface area contributed by atoms with Gasteiger partial charge in [-0.25, -0.2) is 0 Å². The highest BCUT2D eigenvalue weighted by atomic mass is 35.5. The first-order valence-electron chi connectivity index (χ1n) is 12.8. The molecular formula is C28H37ClN4O. The zero-order chi connectivity index (χ0) is 23.7. The summed E-state index contributed by atoms with van der Waals surface area (Å²) in [6.45, 7) is 5.93. The summed E-state index contributed by atoms with van der Waals surface area (Å²) >= 11 is 6.10. The van der Waals surface area contributed by atoms with Gasteiger partial charge < -0.3 is 15.5 Å². The van der Waals surface area contributed by atoms with Crippen molar-refractivity contribution in [2.24, 2.45) is 0 Å². The number of piperidine rings is 1. The SMILES string of the molecule is CC(N[C@H](Cc1ccc(Cl)cc1)C(=O)N1CCC2(CC1)c1ccccc1CCN2C)C1CCN1. The summed E-state index contributed by atoms with van der Waals surface area (Å²) in [6.07, 6.45) is 4.92.